The van der Waals surface area contributed by atoms with Crippen molar-refractivity contribution in [2.24, 2.45) is 0 Å². The zero-order valence-electron chi connectivity index (χ0n) is 8.54. The largest absolute Gasteiger partial charge is 0.497 e. The number of hydrogen-bond donors (Lipinski definition) is 0. The van der Waals surface area contributed by atoms with Crippen LogP contribution in [0.3, 0.4) is 0 Å². The number of rotatable bonds is 2. The van der Waals surface area contributed by atoms with Crippen molar-refractivity contribution in [2.75, 3.05) is 11.5 Å². The molecule has 0 bridgehead atoms. The van der Waals surface area contributed by atoms with Crippen LogP contribution < -0.4 is 4.74 Å². The first-order valence-corrected chi connectivity index (χ1v) is 7.33. The van der Waals surface area contributed by atoms with Gasteiger partial charge in [0.2, 0.25) is 0 Å². The third kappa shape index (κ3) is 1.91. The quantitative estimate of drug-likeness (QED) is 0.457. The lowest BCUT2D eigenvalue weighted by atomic mass is 9.97. The second-order valence-corrected chi connectivity index (χ2v) is 6.61. The maximum Gasteiger partial charge on any atom is 0.119 e. The van der Waals surface area contributed by atoms with E-state index in [2.05, 4.69) is 41.6 Å². The van der Waals surface area contributed by atoms with E-state index in [9.17, 15) is 0 Å². The molecule has 1 atom stereocenters. The van der Waals surface area contributed by atoms with Crippen LogP contribution in [-0.2, 0) is 4.75 Å². The number of thioether (sulfide) groups is 1. The molecule has 1 aromatic rings. The summed E-state index contributed by atoms with van der Waals surface area (Å²) in [6.07, 6.45) is 0. The summed E-state index contributed by atoms with van der Waals surface area (Å²) in [5.41, 5.74) is 2.52. The Morgan fingerprint density at radius 3 is 2.87 bits per heavy atom. The maximum atomic E-state index is 5.39. The summed E-state index contributed by atoms with van der Waals surface area (Å²) in [5, 5.41) is 0. The van der Waals surface area contributed by atoms with Crippen molar-refractivity contribution in [1.29, 1.82) is 0 Å². The number of halogens is 1. The van der Waals surface area contributed by atoms with Crippen molar-refractivity contribution in [2.45, 2.75) is 11.7 Å². The predicted molar refractivity (Wildman–Crippen MR) is 78.5 cm³/mol. The van der Waals surface area contributed by atoms with Crippen LogP contribution in [-0.4, -0.2) is 15.7 Å². The first-order valence-electron chi connectivity index (χ1n) is 4.58. The molecule has 1 nitrogen and oxygen atoms in total. The first-order chi connectivity index (χ1) is 7.10. The number of benzene rings is 1. The topological polar surface area (TPSA) is 9.23 Å². The summed E-state index contributed by atoms with van der Waals surface area (Å²) in [4.78, 5) is 0. The van der Waals surface area contributed by atoms with Crippen LogP contribution in [0.15, 0.2) is 18.2 Å². The molecular weight excluding hydrogens is 339 g/mol. The summed E-state index contributed by atoms with van der Waals surface area (Å²) in [6.45, 7) is 2.24. The van der Waals surface area contributed by atoms with E-state index in [-0.39, 0.29) is 4.75 Å². The third-order valence-electron chi connectivity index (χ3n) is 2.59. The van der Waals surface area contributed by atoms with Gasteiger partial charge in [-0.2, -0.15) is 0 Å². The number of ether oxygens (including phenoxy) is 1. The SMILES string of the molecule is COc1ccc2c(c1)C(C)(CI)SC2=S. The Bertz CT molecular complexity index is 419. The van der Waals surface area contributed by atoms with Gasteiger partial charge in [0.15, 0.2) is 0 Å². The van der Waals surface area contributed by atoms with E-state index in [1.54, 1.807) is 18.9 Å². The smallest absolute Gasteiger partial charge is 0.119 e. The fraction of sp³-hybridized carbons (Fsp3) is 0.364. The minimum Gasteiger partial charge on any atom is -0.497 e. The van der Waals surface area contributed by atoms with Crippen molar-refractivity contribution in [3.63, 3.8) is 0 Å². The lowest BCUT2D eigenvalue weighted by molar-refractivity contribution is 0.414. The van der Waals surface area contributed by atoms with Gasteiger partial charge < -0.3 is 4.74 Å². The Morgan fingerprint density at radius 1 is 1.53 bits per heavy atom. The average molecular weight is 350 g/mol. The van der Waals surface area contributed by atoms with Crippen molar-refractivity contribution >= 4 is 50.8 Å². The van der Waals surface area contributed by atoms with Crippen molar-refractivity contribution < 1.29 is 4.74 Å². The molecule has 4 heteroatoms. The lowest BCUT2D eigenvalue weighted by Crippen LogP contribution is -2.15. The van der Waals surface area contributed by atoms with Gasteiger partial charge >= 0.3 is 0 Å². The summed E-state index contributed by atoms with van der Waals surface area (Å²) in [5.74, 6) is 0.912. The normalized spacial score (nSPS) is 24.1. The lowest BCUT2D eigenvalue weighted by Gasteiger charge is -2.20. The summed E-state index contributed by atoms with van der Waals surface area (Å²) < 4.78 is 7.43. The predicted octanol–water partition coefficient (Wildman–Crippen LogP) is 3.77. The van der Waals surface area contributed by atoms with E-state index in [4.69, 9.17) is 17.0 Å². The van der Waals surface area contributed by atoms with Gasteiger partial charge in [-0.15, -0.1) is 11.8 Å². The highest BCUT2D eigenvalue weighted by molar-refractivity contribution is 14.1. The van der Waals surface area contributed by atoms with Gasteiger partial charge in [-0.25, -0.2) is 0 Å². The Balaban J connectivity index is 2.57. The molecule has 1 aliphatic heterocycles. The summed E-state index contributed by atoms with van der Waals surface area (Å²) in [7, 11) is 1.70. The molecule has 0 aliphatic carbocycles. The zero-order valence-corrected chi connectivity index (χ0v) is 12.3. The standard InChI is InChI=1S/C11H11IOS2/c1-11(6-12)9-5-7(13-2)3-4-8(9)10(14)15-11/h3-5H,6H2,1-2H3. The monoisotopic (exact) mass is 350 g/mol. The molecule has 15 heavy (non-hydrogen) atoms. The minimum absolute atomic E-state index is 0.113. The van der Waals surface area contributed by atoms with E-state index < -0.39 is 0 Å². The number of methoxy groups -OCH3 is 1. The van der Waals surface area contributed by atoms with Gasteiger partial charge in [-0.3, -0.25) is 0 Å². The second kappa shape index (κ2) is 4.22. The van der Waals surface area contributed by atoms with E-state index >= 15 is 0 Å². The van der Waals surface area contributed by atoms with Crippen molar-refractivity contribution in [3.05, 3.63) is 29.3 Å². The Labute approximate surface area is 113 Å². The van der Waals surface area contributed by atoms with Gasteiger partial charge in [0.25, 0.3) is 0 Å². The third-order valence-corrected chi connectivity index (χ3v) is 6.32. The van der Waals surface area contributed by atoms with Crippen LogP contribution in [0.25, 0.3) is 0 Å². The molecule has 2 rings (SSSR count). The molecule has 0 fully saturated rings. The van der Waals surface area contributed by atoms with Crippen LogP contribution in [0.1, 0.15) is 18.1 Å². The molecule has 1 aliphatic rings. The van der Waals surface area contributed by atoms with Crippen molar-refractivity contribution in [1.82, 2.24) is 0 Å². The fourth-order valence-corrected chi connectivity index (χ4v) is 4.32. The number of thiocarbonyl (C=S) groups is 1. The van der Waals surface area contributed by atoms with Gasteiger partial charge in [-0.05, 0) is 30.7 Å². The molecule has 0 radical (unpaired) electrons. The molecule has 0 saturated heterocycles. The van der Waals surface area contributed by atoms with Crippen LogP contribution in [0.2, 0.25) is 0 Å². The highest BCUT2D eigenvalue weighted by Gasteiger charge is 2.37. The minimum atomic E-state index is 0.113. The highest BCUT2D eigenvalue weighted by Crippen LogP contribution is 2.49. The van der Waals surface area contributed by atoms with Crippen LogP contribution in [0.4, 0.5) is 0 Å². The molecule has 0 amide bonds. The molecule has 1 aromatic carbocycles. The van der Waals surface area contributed by atoms with Gasteiger partial charge in [0.1, 0.15) is 5.75 Å². The fourth-order valence-electron chi connectivity index (χ4n) is 1.68. The molecule has 0 spiro atoms. The molecule has 1 unspecified atom stereocenters. The zero-order chi connectivity index (χ0) is 11.1. The molecule has 0 saturated carbocycles. The van der Waals surface area contributed by atoms with E-state index in [0.29, 0.717) is 0 Å². The highest BCUT2D eigenvalue weighted by atomic mass is 127. The van der Waals surface area contributed by atoms with E-state index in [1.165, 1.54) is 11.1 Å². The number of hydrogen-bond acceptors (Lipinski definition) is 3. The Kier molecular flexibility index (Phi) is 3.28. The van der Waals surface area contributed by atoms with E-state index in [1.807, 2.05) is 6.07 Å². The molecule has 1 heterocycles. The Morgan fingerprint density at radius 2 is 2.27 bits per heavy atom. The van der Waals surface area contributed by atoms with Crippen LogP contribution in [0.5, 0.6) is 5.75 Å². The van der Waals surface area contributed by atoms with Gasteiger partial charge in [0, 0.05) is 9.99 Å². The van der Waals surface area contributed by atoms with E-state index in [0.717, 1.165) is 14.4 Å². The molecule has 80 valence electrons. The summed E-state index contributed by atoms with van der Waals surface area (Å²) >= 11 is 9.59. The number of alkyl halides is 1. The average Bonchev–Trinajstić information content (AvgIpc) is 2.52. The van der Waals surface area contributed by atoms with Gasteiger partial charge in [0.05, 0.1) is 16.1 Å². The van der Waals surface area contributed by atoms with Gasteiger partial charge in [-0.1, -0.05) is 34.8 Å². The van der Waals surface area contributed by atoms with Crippen LogP contribution >= 0.6 is 46.6 Å². The molecule has 0 N–H and O–H groups in total. The van der Waals surface area contributed by atoms with Crippen LogP contribution in [0, 0.1) is 0 Å². The Hall–Kier alpha value is 0.190. The molecular formula is C11H11IOS2. The number of fused-ring (bicyclic) bond motifs is 1. The van der Waals surface area contributed by atoms with Crippen molar-refractivity contribution in [3.8, 4) is 5.75 Å². The second-order valence-electron chi connectivity index (χ2n) is 3.67. The first kappa shape index (κ1) is 11.7. The summed E-state index contributed by atoms with van der Waals surface area (Å²) in [6, 6.07) is 6.16. The molecule has 0 aromatic heterocycles. The maximum absolute atomic E-state index is 5.39.